The highest BCUT2D eigenvalue weighted by atomic mass is 35.5. The molecule has 0 bridgehead atoms. The first kappa shape index (κ1) is 19.9. The number of carbonyl (C=O) groups is 1. The number of amides is 1. The van der Waals surface area contributed by atoms with E-state index in [9.17, 15) is 4.79 Å². The van der Waals surface area contributed by atoms with Crippen LogP contribution in [0.4, 0.5) is 5.69 Å². The number of benzene rings is 2. The zero-order valence-electron chi connectivity index (χ0n) is 17.1. The van der Waals surface area contributed by atoms with Crippen LogP contribution in [0.25, 0.3) is 16.9 Å². The summed E-state index contributed by atoms with van der Waals surface area (Å²) in [5, 5.41) is 3.50. The maximum absolute atomic E-state index is 12.8. The number of aryl methyl sites for hydroxylation is 1. The van der Waals surface area contributed by atoms with Crippen LogP contribution in [0.1, 0.15) is 21.7 Å². The predicted octanol–water partition coefficient (Wildman–Crippen LogP) is 4.38. The summed E-state index contributed by atoms with van der Waals surface area (Å²) in [6.45, 7) is 2.33. The monoisotopic (exact) mass is 419 g/mol. The van der Waals surface area contributed by atoms with Gasteiger partial charge in [-0.1, -0.05) is 23.7 Å². The molecule has 0 spiro atoms. The van der Waals surface area contributed by atoms with Crippen molar-refractivity contribution in [2.75, 3.05) is 19.0 Å². The van der Waals surface area contributed by atoms with Gasteiger partial charge in [0.15, 0.2) is 5.65 Å². The van der Waals surface area contributed by atoms with Crippen LogP contribution < -0.4 is 10.2 Å². The van der Waals surface area contributed by atoms with Crippen molar-refractivity contribution >= 4 is 34.4 Å². The smallest absolute Gasteiger partial charge is 0.251 e. The van der Waals surface area contributed by atoms with Gasteiger partial charge in [-0.25, -0.2) is 9.97 Å². The molecule has 0 aliphatic carbocycles. The molecule has 2 aromatic heterocycles. The van der Waals surface area contributed by atoms with Gasteiger partial charge in [0.05, 0.1) is 10.7 Å². The minimum atomic E-state index is -0.167. The van der Waals surface area contributed by atoms with Crippen LogP contribution >= 0.6 is 11.6 Å². The zero-order chi connectivity index (χ0) is 21.3. The zero-order valence-corrected chi connectivity index (χ0v) is 17.8. The number of carbonyl (C=O) groups excluding carboxylic acids is 1. The molecule has 6 nitrogen and oxygen atoms in total. The molecule has 1 amide bonds. The Bertz CT molecular complexity index is 1210. The Hall–Kier alpha value is -3.38. The van der Waals surface area contributed by atoms with Crippen LogP contribution in [0.5, 0.6) is 0 Å². The summed E-state index contributed by atoms with van der Waals surface area (Å²) in [5.74, 6) is 0.587. The second-order valence-electron chi connectivity index (χ2n) is 7.25. The third-order valence-electron chi connectivity index (χ3n) is 4.94. The summed E-state index contributed by atoms with van der Waals surface area (Å²) < 4.78 is 1.87. The summed E-state index contributed by atoms with van der Waals surface area (Å²) in [6, 6.07) is 17.0. The van der Waals surface area contributed by atoms with E-state index >= 15 is 0 Å². The average Bonchev–Trinajstić information content (AvgIpc) is 3.08. The largest absolute Gasteiger partial charge is 0.378 e. The normalized spacial score (nSPS) is 10.9. The SMILES string of the molecule is Cc1nc2cccnc2n1-c1cc(C(=O)NCc2ccc(N(C)C)cc2)ccc1Cl. The summed E-state index contributed by atoms with van der Waals surface area (Å²) in [7, 11) is 3.99. The van der Waals surface area contributed by atoms with Gasteiger partial charge in [0.25, 0.3) is 5.91 Å². The van der Waals surface area contributed by atoms with E-state index in [-0.39, 0.29) is 5.91 Å². The molecule has 0 radical (unpaired) electrons. The van der Waals surface area contributed by atoms with Crippen molar-refractivity contribution in [2.24, 2.45) is 0 Å². The van der Waals surface area contributed by atoms with Gasteiger partial charge >= 0.3 is 0 Å². The highest BCUT2D eigenvalue weighted by Crippen LogP contribution is 2.27. The first-order valence-electron chi connectivity index (χ1n) is 9.58. The first-order valence-corrected chi connectivity index (χ1v) is 9.96. The van der Waals surface area contributed by atoms with Gasteiger partial charge in [-0.05, 0) is 55.0 Å². The lowest BCUT2D eigenvalue weighted by Crippen LogP contribution is -2.23. The van der Waals surface area contributed by atoms with E-state index < -0.39 is 0 Å². The number of pyridine rings is 1. The Morgan fingerprint density at radius 3 is 2.63 bits per heavy atom. The van der Waals surface area contributed by atoms with Crippen molar-refractivity contribution in [3.63, 3.8) is 0 Å². The molecule has 0 unspecified atom stereocenters. The fourth-order valence-electron chi connectivity index (χ4n) is 3.34. The van der Waals surface area contributed by atoms with E-state index in [0.717, 1.165) is 22.6 Å². The van der Waals surface area contributed by atoms with Crippen molar-refractivity contribution in [2.45, 2.75) is 13.5 Å². The quantitative estimate of drug-likeness (QED) is 0.521. The molecule has 0 saturated carbocycles. The molecule has 1 N–H and O–H groups in total. The molecular formula is C23H22ClN5O. The molecule has 30 heavy (non-hydrogen) atoms. The van der Waals surface area contributed by atoms with Gasteiger partial charge in [-0.15, -0.1) is 0 Å². The third-order valence-corrected chi connectivity index (χ3v) is 5.26. The van der Waals surface area contributed by atoms with Crippen LogP contribution in [0.2, 0.25) is 5.02 Å². The van der Waals surface area contributed by atoms with Crippen molar-refractivity contribution in [3.8, 4) is 5.69 Å². The van der Waals surface area contributed by atoms with Crippen molar-refractivity contribution in [1.29, 1.82) is 0 Å². The number of halogens is 1. The summed E-state index contributed by atoms with van der Waals surface area (Å²) in [6.07, 6.45) is 1.71. The fourth-order valence-corrected chi connectivity index (χ4v) is 3.54. The summed E-state index contributed by atoms with van der Waals surface area (Å²) >= 11 is 6.47. The molecular weight excluding hydrogens is 398 g/mol. The molecule has 4 aromatic rings. The molecule has 0 aliphatic heterocycles. The molecule has 0 aliphatic rings. The van der Waals surface area contributed by atoms with Crippen molar-refractivity contribution in [3.05, 3.63) is 82.8 Å². The number of fused-ring (bicyclic) bond motifs is 1. The van der Waals surface area contributed by atoms with Crippen LogP contribution in [0, 0.1) is 6.92 Å². The van der Waals surface area contributed by atoms with Gasteiger partial charge in [0, 0.05) is 38.1 Å². The van der Waals surface area contributed by atoms with E-state index in [1.807, 2.05) is 66.9 Å². The lowest BCUT2D eigenvalue weighted by Gasteiger charge is -2.13. The van der Waals surface area contributed by atoms with Crippen LogP contribution in [0.3, 0.4) is 0 Å². The van der Waals surface area contributed by atoms with Crippen LogP contribution in [-0.2, 0) is 6.54 Å². The predicted molar refractivity (Wildman–Crippen MR) is 121 cm³/mol. The van der Waals surface area contributed by atoms with Gasteiger partial charge in [0.2, 0.25) is 0 Å². The fraction of sp³-hybridized carbons (Fsp3) is 0.174. The summed E-state index contributed by atoms with van der Waals surface area (Å²) in [4.78, 5) is 23.8. The maximum atomic E-state index is 12.8. The molecule has 7 heteroatoms. The van der Waals surface area contributed by atoms with E-state index in [0.29, 0.717) is 28.5 Å². The number of anilines is 1. The minimum absolute atomic E-state index is 0.167. The number of imidazole rings is 1. The van der Waals surface area contributed by atoms with Crippen molar-refractivity contribution in [1.82, 2.24) is 19.9 Å². The second kappa shape index (κ2) is 8.16. The topological polar surface area (TPSA) is 63.1 Å². The lowest BCUT2D eigenvalue weighted by molar-refractivity contribution is 0.0951. The van der Waals surface area contributed by atoms with Crippen LogP contribution in [0.15, 0.2) is 60.8 Å². The Labute approximate surface area is 180 Å². The second-order valence-corrected chi connectivity index (χ2v) is 7.66. The number of hydrogen-bond donors (Lipinski definition) is 1. The molecule has 2 heterocycles. The number of nitrogens with zero attached hydrogens (tertiary/aromatic N) is 4. The van der Waals surface area contributed by atoms with E-state index in [1.54, 1.807) is 24.4 Å². The highest BCUT2D eigenvalue weighted by molar-refractivity contribution is 6.32. The van der Waals surface area contributed by atoms with Crippen LogP contribution in [-0.4, -0.2) is 34.5 Å². The first-order chi connectivity index (χ1) is 14.4. The lowest BCUT2D eigenvalue weighted by atomic mass is 10.1. The van der Waals surface area contributed by atoms with E-state index in [2.05, 4.69) is 15.3 Å². The van der Waals surface area contributed by atoms with Gasteiger partial charge in [0.1, 0.15) is 11.3 Å². The molecule has 2 aromatic carbocycles. The summed E-state index contributed by atoms with van der Waals surface area (Å²) in [5.41, 5.74) is 4.83. The Morgan fingerprint density at radius 1 is 1.13 bits per heavy atom. The molecule has 152 valence electrons. The Balaban J connectivity index is 1.58. The standard InChI is InChI=1S/C23H22ClN5O/c1-15-27-20-5-4-12-25-22(20)29(15)21-13-17(8-11-19(21)24)23(30)26-14-16-6-9-18(10-7-16)28(2)3/h4-13H,14H2,1-3H3,(H,26,30). The Morgan fingerprint density at radius 2 is 1.90 bits per heavy atom. The molecule has 0 fully saturated rings. The van der Waals surface area contributed by atoms with Gasteiger partial charge in [-0.3, -0.25) is 9.36 Å². The van der Waals surface area contributed by atoms with Gasteiger partial charge < -0.3 is 10.2 Å². The minimum Gasteiger partial charge on any atom is -0.378 e. The number of rotatable bonds is 5. The Kier molecular flexibility index (Phi) is 5.42. The highest BCUT2D eigenvalue weighted by Gasteiger charge is 2.15. The third kappa shape index (κ3) is 3.86. The number of aromatic nitrogens is 3. The molecule has 4 rings (SSSR count). The van der Waals surface area contributed by atoms with E-state index in [4.69, 9.17) is 11.6 Å². The number of hydrogen-bond acceptors (Lipinski definition) is 4. The van der Waals surface area contributed by atoms with Crippen molar-refractivity contribution < 1.29 is 4.79 Å². The number of nitrogens with one attached hydrogen (secondary N) is 1. The maximum Gasteiger partial charge on any atom is 0.251 e. The average molecular weight is 420 g/mol. The molecule has 0 atom stereocenters. The molecule has 0 saturated heterocycles. The van der Waals surface area contributed by atoms with E-state index in [1.165, 1.54) is 0 Å². The van der Waals surface area contributed by atoms with Gasteiger partial charge in [-0.2, -0.15) is 0 Å².